The van der Waals surface area contributed by atoms with Gasteiger partial charge in [-0.3, -0.25) is 9.30 Å². The van der Waals surface area contributed by atoms with Crippen LogP contribution in [0.1, 0.15) is 36.2 Å². The highest BCUT2D eigenvalue weighted by atomic mass is 16.2. The molecule has 0 aliphatic carbocycles. The molecule has 0 atom stereocenters. The quantitative estimate of drug-likeness (QED) is 0.495. The third-order valence-corrected chi connectivity index (χ3v) is 6.36. The van der Waals surface area contributed by atoms with Crippen molar-refractivity contribution in [2.75, 3.05) is 18.4 Å². The van der Waals surface area contributed by atoms with Crippen LogP contribution < -0.4 is 11.1 Å². The van der Waals surface area contributed by atoms with Gasteiger partial charge < -0.3 is 11.1 Å². The number of carbonyl (C=O) groups excluding carboxylic acids is 1. The fourth-order valence-corrected chi connectivity index (χ4v) is 4.77. The zero-order valence-corrected chi connectivity index (χ0v) is 18.6. The van der Waals surface area contributed by atoms with Gasteiger partial charge in [0.25, 0.3) is 0 Å². The number of aryl methyl sites for hydroxylation is 2. The number of aromatic nitrogens is 3. The topological polar surface area (TPSA) is 88.5 Å². The van der Waals surface area contributed by atoms with Crippen LogP contribution in [-0.2, 0) is 6.54 Å². The van der Waals surface area contributed by atoms with Crippen LogP contribution in [0.2, 0.25) is 0 Å². The Morgan fingerprint density at radius 3 is 2.50 bits per heavy atom. The maximum atomic E-state index is 11.5. The highest BCUT2D eigenvalue weighted by Gasteiger charge is 2.15. The number of amides is 2. The molecule has 2 amide bonds. The van der Waals surface area contributed by atoms with Gasteiger partial charge in [0.15, 0.2) is 5.65 Å². The van der Waals surface area contributed by atoms with E-state index < -0.39 is 6.03 Å². The van der Waals surface area contributed by atoms with Gasteiger partial charge >= 0.3 is 6.03 Å². The van der Waals surface area contributed by atoms with E-state index in [0.29, 0.717) is 11.3 Å². The van der Waals surface area contributed by atoms with Crippen molar-refractivity contribution in [3.63, 3.8) is 0 Å². The lowest BCUT2D eigenvalue weighted by molar-refractivity contribution is 0.221. The molecule has 164 valence electrons. The molecule has 0 spiro atoms. The van der Waals surface area contributed by atoms with Crippen molar-refractivity contribution in [2.45, 2.75) is 39.7 Å². The Labute approximate surface area is 187 Å². The summed E-state index contributed by atoms with van der Waals surface area (Å²) in [4.78, 5) is 14.1. The number of likely N-dealkylation sites (tertiary alicyclic amines) is 1. The zero-order valence-electron chi connectivity index (χ0n) is 18.6. The first-order valence-electron chi connectivity index (χ1n) is 11.2. The lowest BCUT2D eigenvalue weighted by Gasteiger charge is -2.26. The highest BCUT2D eigenvalue weighted by molar-refractivity contribution is 5.98. The normalized spacial score (nSPS) is 14.8. The Bertz CT molecular complexity index is 1300. The van der Waals surface area contributed by atoms with Crippen LogP contribution in [-0.4, -0.2) is 38.6 Å². The molecule has 4 aromatic rings. The summed E-state index contributed by atoms with van der Waals surface area (Å²) < 4.78 is 1.96. The zero-order chi connectivity index (χ0) is 22.2. The van der Waals surface area contributed by atoms with Gasteiger partial charge in [-0.05, 0) is 80.2 Å². The van der Waals surface area contributed by atoms with Crippen molar-refractivity contribution in [1.82, 2.24) is 19.5 Å². The molecule has 0 bridgehead atoms. The fraction of sp³-hybridized carbons (Fsp3) is 0.320. The molecule has 0 saturated carbocycles. The SMILES string of the molecule is Cc1cc2c(cc1-c1ccc(CN3CCCCC3)cc1)cc(NC(N)=O)c1nnc(C)n12. The molecule has 7 heteroatoms. The molecule has 1 saturated heterocycles. The van der Waals surface area contributed by atoms with E-state index in [1.807, 2.05) is 17.4 Å². The number of pyridine rings is 1. The van der Waals surface area contributed by atoms with Gasteiger partial charge in [0.2, 0.25) is 0 Å². The molecule has 3 heterocycles. The number of hydrogen-bond donors (Lipinski definition) is 2. The largest absolute Gasteiger partial charge is 0.351 e. The molecule has 1 aliphatic heterocycles. The van der Waals surface area contributed by atoms with Crippen molar-refractivity contribution in [2.24, 2.45) is 5.73 Å². The maximum absolute atomic E-state index is 11.5. The summed E-state index contributed by atoms with van der Waals surface area (Å²) in [6, 6.07) is 14.5. The van der Waals surface area contributed by atoms with Gasteiger partial charge in [-0.2, -0.15) is 0 Å². The second-order valence-electron chi connectivity index (χ2n) is 8.71. The number of primary amides is 1. The van der Waals surface area contributed by atoms with Crippen LogP contribution in [0.3, 0.4) is 0 Å². The summed E-state index contributed by atoms with van der Waals surface area (Å²) in [5, 5.41) is 12.1. The van der Waals surface area contributed by atoms with Crippen molar-refractivity contribution < 1.29 is 4.79 Å². The molecular formula is C25H28N6O. The van der Waals surface area contributed by atoms with Crippen molar-refractivity contribution in [1.29, 1.82) is 0 Å². The molecule has 5 rings (SSSR count). The van der Waals surface area contributed by atoms with E-state index >= 15 is 0 Å². The van der Waals surface area contributed by atoms with E-state index in [1.54, 1.807) is 0 Å². The molecule has 1 aliphatic rings. The number of hydrogen-bond acceptors (Lipinski definition) is 4. The predicted molar refractivity (Wildman–Crippen MR) is 128 cm³/mol. The Kier molecular flexibility index (Phi) is 5.27. The summed E-state index contributed by atoms with van der Waals surface area (Å²) in [5.74, 6) is 0.757. The summed E-state index contributed by atoms with van der Waals surface area (Å²) >= 11 is 0. The number of rotatable bonds is 4. The monoisotopic (exact) mass is 428 g/mol. The van der Waals surface area contributed by atoms with Crippen molar-refractivity contribution in [3.8, 4) is 11.1 Å². The number of piperidine rings is 1. The Morgan fingerprint density at radius 1 is 1.03 bits per heavy atom. The fourth-order valence-electron chi connectivity index (χ4n) is 4.77. The van der Waals surface area contributed by atoms with Gasteiger partial charge in [0, 0.05) is 11.9 Å². The van der Waals surface area contributed by atoms with Gasteiger partial charge in [-0.15, -0.1) is 10.2 Å². The number of urea groups is 1. The van der Waals surface area contributed by atoms with Crippen LogP contribution in [0, 0.1) is 13.8 Å². The Hall–Kier alpha value is -3.45. The van der Waals surface area contributed by atoms with E-state index in [-0.39, 0.29) is 0 Å². The van der Waals surface area contributed by atoms with Crippen LogP contribution >= 0.6 is 0 Å². The molecule has 1 fully saturated rings. The number of carbonyl (C=O) groups is 1. The van der Waals surface area contributed by atoms with Gasteiger partial charge in [0.05, 0.1) is 11.2 Å². The van der Waals surface area contributed by atoms with Crippen molar-refractivity contribution in [3.05, 3.63) is 59.4 Å². The summed E-state index contributed by atoms with van der Waals surface area (Å²) in [6.07, 6.45) is 3.97. The number of benzene rings is 2. The summed E-state index contributed by atoms with van der Waals surface area (Å²) in [6.45, 7) is 7.44. The van der Waals surface area contributed by atoms with E-state index in [2.05, 4.69) is 63.7 Å². The van der Waals surface area contributed by atoms with E-state index in [4.69, 9.17) is 5.73 Å². The first-order valence-corrected chi connectivity index (χ1v) is 11.2. The van der Waals surface area contributed by atoms with Gasteiger partial charge in [0.1, 0.15) is 5.82 Å². The smallest absolute Gasteiger partial charge is 0.316 e. The van der Waals surface area contributed by atoms with Crippen LogP contribution in [0.4, 0.5) is 10.5 Å². The minimum Gasteiger partial charge on any atom is -0.351 e. The third-order valence-electron chi connectivity index (χ3n) is 6.36. The predicted octanol–water partition coefficient (Wildman–Crippen LogP) is 4.64. The first-order chi connectivity index (χ1) is 15.5. The number of nitrogens with zero attached hydrogens (tertiary/aromatic N) is 4. The Morgan fingerprint density at radius 2 is 1.78 bits per heavy atom. The standard InChI is InChI=1S/C25H28N6O/c1-16-12-23-20(14-22(27-25(26)32)24-29-28-17(2)31(23)24)13-21(16)19-8-6-18(7-9-19)15-30-10-4-3-5-11-30/h6-9,12-14H,3-5,10-11,15H2,1-2H3,(H3,26,27,32). The second-order valence-corrected chi connectivity index (χ2v) is 8.71. The second kappa shape index (κ2) is 8.24. The molecule has 32 heavy (non-hydrogen) atoms. The average Bonchev–Trinajstić information content (AvgIpc) is 3.17. The Balaban J connectivity index is 1.54. The average molecular weight is 429 g/mol. The minimum absolute atomic E-state index is 0.553. The first kappa shape index (κ1) is 20.5. The number of anilines is 1. The van der Waals surface area contributed by atoms with Crippen LogP contribution in [0.25, 0.3) is 27.7 Å². The molecule has 2 aromatic heterocycles. The molecule has 3 N–H and O–H groups in total. The highest BCUT2D eigenvalue weighted by Crippen LogP contribution is 2.32. The lowest BCUT2D eigenvalue weighted by Crippen LogP contribution is -2.28. The summed E-state index contributed by atoms with van der Waals surface area (Å²) in [5.41, 5.74) is 12.4. The molecule has 0 unspecified atom stereocenters. The van der Waals surface area contributed by atoms with Crippen LogP contribution in [0.5, 0.6) is 0 Å². The van der Waals surface area contributed by atoms with Crippen molar-refractivity contribution >= 4 is 28.3 Å². The number of nitrogens with one attached hydrogen (secondary N) is 1. The minimum atomic E-state index is -0.622. The van der Waals surface area contributed by atoms with E-state index in [9.17, 15) is 4.79 Å². The summed E-state index contributed by atoms with van der Waals surface area (Å²) in [7, 11) is 0. The molecule has 2 aromatic carbocycles. The molecule has 7 nitrogen and oxygen atoms in total. The third kappa shape index (κ3) is 3.80. The maximum Gasteiger partial charge on any atom is 0.316 e. The van der Waals surface area contributed by atoms with Gasteiger partial charge in [-0.25, -0.2) is 4.79 Å². The number of nitrogens with two attached hydrogens (primary N) is 1. The lowest BCUT2D eigenvalue weighted by atomic mass is 9.97. The molecule has 0 radical (unpaired) electrons. The van der Waals surface area contributed by atoms with E-state index in [0.717, 1.165) is 28.8 Å². The van der Waals surface area contributed by atoms with E-state index in [1.165, 1.54) is 49.0 Å². The number of fused-ring (bicyclic) bond motifs is 3. The van der Waals surface area contributed by atoms with Crippen LogP contribution in [0.15, 0.2) is 42.5 Å². The molecular weight excluding hydrogens is 400 g/mol. The van der Waals surface area contributed by atoms with Gasteiger partial charge in [-0.1, -0.05) is 30.7 Å².